The SMILES string of the molecule is O=C(Nc1ccc(F)cc1F)[C@H]1CCCN(Cc2nc3ccccc3n2-c2ccc(Br)cc2)C1. The summed E-state index contributed by atoms with van der Waals surface area (Å²) in [6, 6.07) is 19.3. The van der Waals surface area contributed by atoms with Crippen molar-refractivity contribution < 1.29 is 13.6 Å². The maximum absolute atomic E-state index is 14.0. The average Bonchev–Trinajstić information content (AvgIpc) is 3.19. The van der Waals surface area contributed by atoms with Crippen LogP contribution in [0.25, 0.3) is 16.7 Å². The summed E-state index contributed by atoms with van der Waals surface area (Å²) < 4.78 is 30.3. The van der Waals surface area contributed by atoms with Gasteiger partial charge >= 0.3 is 0 Å². The normalized spacial score (nSPS) is 16.6. The number of hydrogen-bond acceptors (Lipinski definition) is 3. The predicted molar refractivity (Wildman–Crippen MR) is 132 cm³/mol. The summed E-state index contributed by atoms with van der Waals surface area (Å²) in [5.74, 6) is -1.09. The highest BCUT2D eigenvalue weighted by Gasteiger charge is 2.27. The Morgan fingerprint density at radius 1 is 1.09 bits per heavy atom. The third kappa shape index (κ3) is 4.74. The number of nitrogens with one attached hydrogen (secondary N) is 1. The molecule has 0 unspecified atom stereocenters. The molecule has 3 aromatic carbocycles. The first-order chi connectivity index (χ1) is 16.5. The first kappa shape index (κ1) is 22.7. The maximum Gasteiger partial charge on any atom is 0.228 e. The van der Waals surface area contributed by atoms with Gasteiger partial charge in [-0.15, -0.1) is 0 Å². The number of amides is 1. The molecule has 2 heterocycles. The van der Waals surface area contributed by atoms with E-state index >= 15 is 0 Å². The number of likely N-dealkylation sites (tertiary alicyclic amines) is 1. The summed E-state index contributed by atoms with van der Waals surface area (Å²) in [6.45, 7) is 1.97. The minimum absolute atomic E-state index is 0.000513. The molecule has 8 heteroatoms. The van der Waals surface area contributed by atoms with Crippen LogP contribution in [0.1, 0.15) is 18.7 Å². The van der Waals surface area contributed by atoms with Gasteiger partial charge in [0, 0.05) is 22.8 Å². The molecule has 5 nitrogen and oxygen atoms in total. The molecule has 1 fully saturated rings. The van der Waals surface area contributed by atoms with Gasteiger partial charge in [-0.05, 0) is 67.9 Å². The van der Waals surface area contributed by atoms with Crippen LogP contribution in [0.2, 0.25) is 0 Å². The molecule has 0 radical (unpaired) electrons. The van der Waals surface area contributed by atoms with Crippen LogP contribution >= 0.6 is 15.9 Å². The van der Waals surface area contributed by atoms with E-state index in [4.69, 9.17) is 4.98 Å². The van der Waals surface area contributed by atoms with Crippen molar-refractivity contribution in [3.05, 3.63) is 88.7 Å². The fourth-order valence-electron chi connectivity index (χ4n) is 4.50. The van der Waals surface area contributed by atoms with Gasteiger partial charge in [0.15, 0.2) is 0 Å². The van der Waals surface area contributed by atoms with E-state index in [9.17, 15) is 13.6 Å². The molecular formula is C26H23BrF2N4O. The zero-order valence-electron chi connectivity index (χ0n) is 18.3. The number of halogens is 3. The number of nitrogens with zero attached hydrogens (tertiary/aromatic N) is 3. The van der Waals surface area contributed by atoms with Crippen molar-refractivity contribution in [1.29, 1.82) is 0 Å². The molecule has 1 N–H and O–H groups in total. The number of rotatable bonds is 5. The summed E-state index contributed by atoms with van der Waals surface area (Å²) in [5, 5.41) is 2.62. The van der Waals surface area contributed by atoms with Crippen LogP contribution in [0.5, 0.6) is 0 Å². The van der Waals surface area contributed by atoms with Crippen LogP contribution in [0, 0.1) is 17.6 Å². The fourth-order valence-corrected chi connectivity index (χ4v) is 4.76. The van der Waals surface area contributed by atoms with Gasteiger partial charge in [0.1, 0.15) is 17.5 Å². The van der Waals surface area contributed by atoms with Crippen molar-refractivity contribution in [3.63, 3.8) is 0 Å². The number of hydrogen-bond donors (Lipinski definition) is 1. The fraction of sp³-hybridized carbons (Fsp3) is 0.231. The second-order valence-corrected chi connectivity index (χ2v) is 9.43. The van der Waals surface area contributed by atoms with Gasteiger partial charge in [0.25, 0.3) is 0 Å². The zero-order chi connectivity index (χ0) is 23.7. The Bertz CT molecular complexity index is 1340. The van der Waals surface area contributed by atoms with Gasteiger partial charge in [-0.2, -0.15) is 0 Å². The molecular weight excluding hydrogens is 502 g/mol. The number of imidazole rings is 1. The predicted octanol–water partition coefficient (Wildman–Crippen LogP) is 5.92. The summed E-state index contributed by atoms with van der Waals surface area (Å²) >= 11 is 3.50. The molecule has 0 aliphatic carbocycles. The third-order valence-corrected chi connectivity index (χ3v) is 6.67. The van der Waals surface area contributed by atoms with E-state index in [-0.39, 0.29) is 17.5 Å². The van der Waals surface area contributed by atoms with Crippen LogP contribution in [-0.2, 0) is 11.3 Å². The Morgan fingerprint density at radius 3 is 2.68 bits per heavy atom. The van der Waals surface area contributed by atoms with Crippen LogP contribution in [0.4, 0.5) is 14.5 Å². The van der Waals surface area contributed by atoms with Crippen molar-refractivity contribution in [2.45, 2.75) is 19.4 Å². The molecule has 1 amide bonds. The van der Waals surface area contributed by atoms with Gasteiger partial charge < -0.3 is 5.32 Å². The Hall–Kier alpha value is -3.10. The summed E-state index contributed by atoms with van der Waals surface area (Å²) in [7, 11) is 0. The topological polar surface area (TPSA) is 50.2 Å². The quantitative estimate of drug-likeness (QED) is 0.352. The lowest BCUT2D eigenvalue weighted by Gasteiger charge is -2.31. The van der Waals surface area contributed by atoms with Crippen molar-refractivity contribution in [2.75, 3.05) is 18.4 Å². The molecule has 0 saturated carbocycles. The number of piperidine rings is 1. The molecule has 4 aromatic rings. The smallest absolute Gasteiger partial charge is 0.228 e. The van der Waals surface area contributed by atoms with E-state index in [1.54, 1.807) is 0 Å². The number of fused-ring (bicyclic) bond motifs is 1. The summed E-state index contributed by atoms with van der Waals surface area (Å²) in [4.78, 5) is 19.9. The molecule has 1 atom stereocenters. The van der Waals surface area contributed by atoms with Gasteiger partial charge in [0.2, 0.25) is 5.91 Å². The van der Waals surface area contributed by atoms with Crippen LogP contribution in [0.3, 0.4) is 0 Å². The summed E-state index contributed by atoms with van der Waals surface area (Å²) in [5.41, 5.74) is 2.96. The van der Waals surface area contributed by atoms with Crippen molar-refractivity contribution in [2.24, 2.45) is 5.92 Å². The number of carbonyl (C=O) groups excluding carboxylic acids is 1. The second-order valence-electron chi connectivity index (χ2n) is 8.52. The minimum Gasteiger partial charge on any atom is -0.323 e. The molecule has 0 spiro atoms. The monoisotopic (exact) mass is 524 g/mol. The van der Waals surface area contributed by atoms with Gasteiger partial charge in [-0.1, -0.05) is 28.1 Å². The third-order valence-electron chi connectivity index (χ3n) is 6.15. The lowest BCUT2D eigenvalue weighted by atomic mass is 9.97. The van der Waals surface area contributed by atoms with E-state index in [2.05, 4.69) is 36.8 Å². The Kier molecular flexibility index (Phi) is 6.43. The van der Waals surface area contributed by atoms with Gasteiger partial charge in [-0.3, -0.25) is 14.3 Å². The highest BCUT2D eigenvalue weighted by Crippen LogP contribution is 2.26. The first-order valence-corrected chi connectivity index (χ1v) is 12.0. The lowest BCUT2D eigenvalue weighted by Crippen LogP contribution is -2.40. The largest absolute Gasteiger partial charge is 0.323 e. The van der Waals surface area contributed by atoms with E-state index in [0.717, 1.165) is 52.1 Å². The molecule has 0 bridgehead atoms. The minimum atomic E-state index is -0.774. The van der Waals surface area contributed by atoms with Crippen molar-refractivity contribution in [1.82, 2.24) is 14.5 Å². The average molecular weight is 525 g/mol. The molecule has 174 valence electrons. The van der Waals surface area contributed by atoms with Crippen molar-refractivity contribution in [3.8, 4) is 5.69 Å². The van der Waals surface area contributed by atoms with E-state index in [1.165, 1.54) is 6.07 Å². The molecule has 34 heavy (non-hydrogen) atoms. The second kappa shape index (κ2) is 9.64. The van der Waals surface area contributed by atoms with Gasteiger partial charge in [-0.25, -0.2) is 13.8 Å². The number of benzene rings is 3. The molecule has 1 aliphatic rings. The molecule has 1 aromatic heterocycles. The maximum atomic E-state index is 14.0. The van der Waals surface area contributed by atoms with Crippen LogP contribution in [0.15, 0.2) is 71.2 Å². The number of carbonyl (C=O) groups is 1. The Balaban J connectivity index is 1.36. The summed E-state index contributed by atoms with van der Waals surface area (Å²) in [6.07, 6.45) is 1.57. The Morgan fingerprint density at radius 2 is 1.88 bits per heavy atom. The number of anilines is 1. The molecule has 1 saturated heterocycles. The van der Waals surface area contributed by atoms with E-state index in [1.807, 2.05) is 42.5 Å². The molecule has 5 rings (SSSR count). The van der Waals surface area contributed by atoms with E-state index in [0.29, 0.717) is 19.5 Å². The van der Waals surface area contributed by atoms with E-state index < -0.39 is 11.6 Å². The molecule has 1 aliphatic heterocycles. The van der Waals surface area contributed by atoms with Crippen LogP contribution in [-0.4, -0.2) is 33.4 Å². The number of aromatic nitrogens is 2. The Labute approximate surface area is 204 Å². The number of para-hydroxylation sites is 2. The van der Waals surface area contributed by atoms with Crippen molar-refractivity contribution >= 4 is 38.6 Å². The highest BCUT2D eigenvalue weighted by molar-refractivity contribution is 9.10. The highest BCUT2D eigenvalue weighted by atomic mass is 79.9. The standard InChI is InChI=1S/C26H23BrF2N4O/c27-18-7-10-20(11-8-18)33-24-6-2-1-5-23(24)30-25(33)16-32-13-3-4-17(15-32)26(34)31-22-12-9-19(28)14-21(22)29/h1-2,5-12,14,17H,3-4,13,15-16H2,(H,31,34)/t17-/m0/s1. The van der Waals surface area contributed by atoms with Crippen LogP contribution < -0.4 is 5.32 Å². The van der Waals surface area contributed by atoms with Gasteiger partial charge in [0.05, 0.1) is 29.2 Å². The first-order valence-electron chi connectivity index (χ1n) is 11.2. The zero-order valence-corrected chi connectivity index (χ0v) is 19.9. The lowest BCUT2D eigenvalue weighted by molar-refractivity contribution is -0.121.